The van der Waals surface area contributed by atoms with Crippen LogP contribution in [-0.2, 0) is 4.79 Å². The Balaban J connectivity index is 2.56. The quantitative estimate of drug-likeness (QED) is 0.569. The van der Waals surface area contributed by atoms with E-state index in [-0.39, 0.29) is 5.91 Å². The highest BCUT2D eigenvalue weighted by Crippen LogP contribution is 2.15. The summed E-state index contributed by atoms with van der Waals surface area (Å²) in [5.74, 6) is 0.958. The van der Waals surface area contributed by atoms with Gasteiger partial charge in [0, 0.05) is 19.2 Å². The number of amides is 1. The standard InChI is InChI=1S/C6H10N2OS/c1-5(9)8-3-2-4-10-6(8)7/h7H,2-4H2,1H3. The van der Waals surface area contributed by atoms with Crippen molar-refractivity contribution in [3.63, 3.8) is 0 Å². The van der Waals surface area contributed by atoms with Crippen molar-refractivity contribution in [3.05, 3.63) is 0 Å². The summed E-state index contributed by atoms with van der Waals surface area (Å²) in [7, 11) is 0. The average molecular weight is 158 g/mol. The van der Waals surface area contributed by atoms with Gasteiger partial charge in [0.2, 0.25) is 5.91 Å². The molecule has 0 atom stereocenters. The number of hydrogen-bond donors (Lipinski definition) is 1. The lowest BCUT2D eigenvalue weighted by atomic mass is 10.4. The molecule has 1 aliphatic heterocycles. The fourth-order valence-corrected chi connectivity index (χ4v) is 1.71. The molecule has 0 aromatic rings. The van der Waals surface area contributed by atoms with Gasteiger partial charge in [-0.1, -0.05) is 11.8 Å². The highest BCUT2D eigenvalue weighted by atomic mass is 32.2. The van der Waals surface area contributed by atoms with Gasteiger partial charge in [-0.2, -0.15) is 0 Å². The smallest absolute Gasteiger partial charge is 0.225 e. The number of nitrogens with one attached hydrogen (secondary N) is 1. The molecule has 0 aliphatic carbocycles. The van der Waals surface area contributed by atoms with Gasteiger partial charge in [-0.25, -0.2) is 0 Å². The van der Waals surface area contributed by atoms with Crippen LogP contribution in [-0.4, -0.2) is 28.3 Å². The minimum absolute atomic E-state index is 0.0165. The van der Waals surface area contributed by atoms with Gasteiger partial charge in [0.05, 0.1) is 0 Å². The number of carbonyl (C=O) groups excluding carboxylic acids is 1. The van der Waals surface area contributed by atoms with Crippen LogP contribution in [0.1, 0.15) is 13.3 Å². The van der Waals surface area contributed by atoms with Crippen LogP contribution in [0.2, 0.25) is 0 Å². The van der Waals surface area contributed by atoms with Crippen LogP contribution in [0, 0.1) is 5.41 Å². The Morgan fingerprint density at radius 3 is 2.90 bits per heavy atom. The lowest BCUT2D eigenvalue weighted by molar-refractivity contribution is -0.125. The van der Waals surface area contributed by atoms with E-state index in [0.29, 0.717) is 5.17 Å². The Morgan fingerprint density at radius 2 is 2.50 bits per heavy atom. The van der Waals surface area contributed by atoms with Crippen LogP contribution in [0.25, 0.3) is 0 Å². The van der Waals surface area contributed by atoms with Crippen molar-refractivity contribution < 1.29 is 4.79 Å². The van der Waals surface area contributed by atoms with E-state index in [0.717, 1.165) is 18.7 Å². The normalized spacial score (nSPS) is 19.3. The predicted molar refractivity (Wildman–Crippen MR) is 42.2 cm³/mol. The zero-order valence-corrected chi connectivity index (χ0v) is 6.70. The van der Waals surface area contributed by atoms with Crippen LogP contribution in [0.3, 0.4) is 0 Å². The Hall–Kier alpha value is -0.510. The largest absolute Gasteiger partial charge is 0.292 e. The van der Waals surface area contributed by atoms with E-state index in [1.54, 1.807) is 0 Å². The molecule has 1 amide bonds. The topological polar surface area (TPSA) is 44.2 Å². The summed E-state index contributed by atoms with van der Waals surface area (Å²) in [4.78, 5) is 12.3. The second-order valence-electron chi connectivity index (χ2n) is 2.18. The Labute approximate surface area is 64.3 Å². The third kappa shape index (κ3) is 1.50. The van der Waals surface area contributed by atoms with Crippen molar-refractivity contribution in [3.8, 4) is 0 Å². The van der Waals surface area contributed by atoms with Crippen LogP contribution in [0.5, 0.6) is 0 Å². The Kier molecular flexibility index (Phi) is 2.32. The van der Waals surface area contributed by atoms with Crippen LogP contribution in [0.15, 0.2) is 0 Å². The maximum atomic E-state index is 10.8. The molecule has 56 valence electrons. The molecule has 10 heavy (non-hydrogen) atoms. The van der Waals surface area contributed by atoms with E-state index in [4.69, 9.17) is 5.41 Å². The van der Waals surface area contributed by atoms with Crippen molar-refractivity contribution in [1.29, 1.82) is 5.41 Å². The van der Waals surface area contributed by atoms with Crippen molar-refractivity contribution in [2.24, 2.45) is 0 Å². The predicted octanol–water partition coefficient (Wildman–Crippen LogP) is 0.907. The Bertz CT molecular complexity index is 169. The van der Waals surface area contributed by atoms with Gasteiger partial charge in [-0.3, -0.25) is 15.1 Å². The molecule has 0 aromatic carbocycles. The summed E-state index contributed by atoms with van der Waals surface area (Å²) in [5.41, 5.74) is 0. The molecular formula is C6H10N2OS. The van der Waals surface area contributed by atoms with E-state index in [9.17, 15) is 4.79 Å². The summed E-state index contributed by atoms with van der Waals surface area (Å²) < 4.78 is 0. The monoisotopic (exact) mass is 158 g/mol. The summed E-state index contributed by atoms with van der Waals surface area (Å²) in [5, 5.41) is 7.75. The first-order chi connectivity index (χ1) is 4.72. The van der Waals surface area contributed by atoms with E-state index >= 15 is 0 Å². The van der Waals surface area contributed by atoms with E-state index < -0.39 is 0 Å². The molecule has 0 spiro atoms. The minimum atomic E-state index is -0.0165. The fourth-order valence-electron chi connectivity index (χ4n) is 0.871. The van der Waals surface area contributed by atoms with Gasteiger partial charge in [0.25, 0.3) is 0 Å². The summed E-state index contributed by atoms with van der Waals surface area (Å²) in [6.45, 7) is 2.22. The molecule has 0 aromatic heterocycles. The first kappa shape index (κ1) is 7.60. The zero-order valence-electron chi connectivity index (χ0n) is 5.89. The zero-order chi connectivity index (χ0) is 7.56. The van der Waals surface area contributed by atoms with E-state index in [2.05, 4.69) is 0 Å². The number of thioether (sulfide) groups is 1. The van der Waals surface area contributed by atoms with Gasteiger partial charge < -0.3 is 0 Å². The van der Waals surface area contributed by atoms with Gasteiger partial charge in [-0.05, 0) is 6.42 Å². The molecule has 1 rings (SSSR count). The second-order valence-corrected chi connectivity index (χ2v) is 3.26. The maximum Gasteiger partial charge on any atom is 0.225 e. The molecule has 1 fully saturated rings. The number of amidine groups is 1. The third-order valence-electron chi connectivity index (χ3n) is 1.39. The van der Waals surface area contributed by atoms with Gasteiger partial charge in [-0.15, -0.1) is 0 Å². The second kappa shape index (κ2) is 3.05. The van der Waals surface area contributed by atoms with Crippen LogP contribution >= 0.6 is 11.8 Å². The summed E-state index contributed by atoms with van der Waals surface area (Å²) >= 11 is 1.44. The van der Waals surface area contributed by atoms with E-state index in [1.165, 1.54) is 23.6 Å². The van der Waals surface area contributed by atoms with Crippen molar-refractivity contribution >= 4 is 22.8 Å². The number of rotatable bonds is 0. The van der Waals surface area contributed by atoms with Gasteiger partial charge >= 0.3 is 0 Å². The average Bonchev–Trinajstić information content (AvgIpc) is 1.88. The molecule has 0 saturated carbocycles. The Morgan fingerprint density at radius 1 is 1.80 bits per heavy atom. The first-order valence-corrected chi connectivity index (χ1v) is 4.20. The molecule has 0 radical (unpaired) electrons. The lowest BCUT2D eigenvalue weighted by Crippen LogP contribution is -2.36. The van der Waals surface area contributed by atoms with Crippen molar-refractivity contribution in [2.75, 3.05) is 12.3 Å². The first-order valence-electron chi connectivity index (χ1n) is 3.21. The summed E-state index contributed by atoms with van der Waals surface area (Å²) in [6, 6.07) is 0. The molecular weight excluding hydrogens is 148 g/mol. The number of hydrogen-bond acceptors (Lipinski definition) is 3. The molecule has 1 heterocycles. The molecule has 3 nitrogen and oxygen atoms in total. The van der Waals surface area contributed by atoms with Crippen LogP contribution in [0.4, 0.5) is 0 Å². The molecule has 4 heteroatoms. The van der Waals surface area contributed by atoms with Gasteiger partial charge in [0.15, 0.2) is 5.17 Å². The number of carbonyl (C=O) groups is 1. The molecule has 1 aliphatic rings. The molecule has 0 unspecified atom stereocenters. The summed E-state index contributed by atoms with van der Waals surface area (Å²) in [6.07, 6.45) is 1.01. The molecule has 1 N–H and O–H groups in total. The van der Waals surface area contributed by atoms with Crippen molar-refractivity contribution in [2.45, 2.75) is 13.3 Å². The highest BCUT2D eigenvalue weighted by Gasteiger charge is 2.18. The minimum Gasteiger partial charge on any atom is -0.292 e. The molecule has 1 saturated heterocycles. The van der Waals surface area contributed by atoms with Crippen molar-refractivity contribution in [1.82, 2.24) is 4.90 Å². The maximum absolute atomic E-state index is 10.8. The van der Waals surface area contributed by atoms with Crippen LogP contribution < -0.4 is 0 Å². The highest BCUT2D eigenvalue weighted by molar-refractivity contribution is 8.13. The molecule has 0 bridgehead atoms. The lowest BCUT2D eigenvalue weighted by Gasteiger charge is -2.24. The number of nitrogens with zero attached hydrogens (tertiary/aromatic N) is 1. The third-order valence-corrected chi connectivity index (χ3v) is 2.38. The fraction of sp³-hybridized carbons (Fsp3) is 0.667. The van der Waals surface area contributed by atoms with E-state index in [1.807, 2.05) is 0 Å². The SMILES string of the molecule is CC(=O)N1CCCSC1=N. The van der Waals surface area contributed by atoms with Gasteiger partial charge in [0.1, 0.15) is 0 Å².